The molecule has 0 amide bonds. The molecule has 10 heavy (non-hydrogen) atoms. The van der Waals surface area contributed by atoms with E-state index in [0.29, 0.717) is 12.6 Å². The summed E-state index contributed by atoms with van der Waals surface area (Å²) in [5.41, 5.74) is 5.48. The van der Waals surface area contributed by atoms with Crippen molar-refractivity contribution in [3.63, 3.8) is 0 Å². The van der Waals surface area contributed by atoms with Crippen LogP contribution in [0.5, 0.6) is 0 Å². The maximum atomic E-state index is 5.54. The lowest BCUT2D eigenvalue weighted by molar-refractivity contribution is -0.0644. The van der Waals surface area contributed by atoms with Gasteiger partial charge in [0, 0.05) is 19.6 Å². The molecule has 0 aromatic carbocycles. The minimum Gasteiger partial charge on any atom is -0.371 e. The van der Waals surface area contributed by atoms with Crippen molar-refractivity contribution < 1.29 is 4.74 Å². The molecule has 3 heteroatoms. The Bertz CT molecular complexity index is 97.8. The van der Waals surface area contributed by atoms with Gasteiger partial charge in [-0.25, -0.2) is 0 Å². The van der Waals surface area contributed by atoms with Crippen LogP contribution in [0.4, 0.5) is 0 Å². The summed E-state index contributed by atoms with van der Waals surface area (Å²) in [5, 5.41) is 0. The molecule has 1 unspecified atom stereocenters. The second-order valence-electron chi connectivity index (χ2n) is 3.03. The van der Waals surface area contributed by atoms with Crippen LogP contribution in [0.3, 0.4) is 0 Å². The van der Waals surface area contributed by atoms with Gasteiger partial charge in [0.25, 0.3) is 0 Å². The first kappa shape index (κ1) is 7.98. The minimum absolute atomic E-state index is 0.244. The molecule has 0 aromatic heterocycles. The van der Waals surface area contributed by atoms with Crippen LogP contribution in [0.2, 0.25) is 0 Å². The molecule has 2 N–H and O–H groups in total. The zero-order chi connectivity index (χ0) is 7.56. The number of hydrogen-bond acceptors (Lipinski definition) is 3. The van der Waals surface area contributed by atoms with Crippen LogP contribution in [0.15, 0.2) is 0 Å². The zero-order valence-electron chi connectivity index (χ0n) is 6.71. The Labute approximate surface area is 62.1 Å². The second kappa shape index (κ2) is 3.32. The normalized spacial score (nSPS) is 36.3. The molecule has 0 saturated carbocycles. The van der Waals surface area contributed by atoms with E-state index in [2.05, 4.69) is 18.9 Å². The van der Waals surface area contributed by atoms with Gasteiger partial charge in [0.15, 0.2) is 0 Å². The standard InChI is InChI=1S/C7H16N2O/c1-6-4-9(2)5-7(3-8)10-6/h6-7H,3-5,8H2,1-2H3/t6?,7-/m0/s1. The van der Waals surface area contributed by atoms with Crippen molar-refractivity contribution in [1.29, 1.82) is 0 Å². The molecule has 0 aliphatic carbocycles. The van der Waals surface area contributed by atoms with Gasteiger partial charge in [0.2, 0.25) is 0 Å². The molecule has 0 spiro atoms. The number of ether oxygens (including phenoxy) is 1. The predicted octanol–water partition coefficient (Wildman–Crippen LogP) is -0.336. The fraction of sp³-hybridized carbons (Fsp3) is 1.00. The summed E-state index contributed by atoms with van der Waals surface area (Å²) in [6.07, 6.45) is 0.584. The molecule has 0 aromatic rings. The highest BCUT2D eigenvalue weighted by Crippen LogP contribution is 2.07. The number of rotatable bonds is 1. The average molecular weight is 144 g/mol. The van der Waals surface area contributed by atoms with Gasteiger partial charge in [0.1, 0.15) is 0 Å². The van der Waals surface area contributed by atoms with Crippen LogP contribution in [0.25, 0.3) is 0 Å². The van der Waals surface area contributed by atoms with Crippen molar-refractivity contribution in [3.05, 3.63) is 0 Å². The summed E-state index contributed by atoms with van der Waals surface area (Å²) >= 11 is 0. The summed E-state index contributed by atoms with van der Waals surface area (Å²) in [5.74, 6) is 0. The SMILES string of the molecule is CC1CN(C)C[C@H](CN)O1. The van der Waals surface area contributed by atoms with Crippen molar-refractivity contribution in [2.75, 3.05) is 26.7 Å². The molecular weight excluding hydrogens is 128 g/mol. The molecule has 2 atom stereocenters. The van der Waals surface area contributed by atoms with Gasteiger partial charge in [0.05, 0.1) is 12.2 Å². The smallest absolute Gasteiger partial charge is 0.0828 e. The van der Waals surface area contributed by atoms with E-state index >= 15 is 0 Å². The Hall–Kier alpha value is -0.120. The van der Waals surface area contributed by atoms with Gasteiger partial charge in [-0.05, 0) is 14.0 Å². The van der Waals surface area contributed by atoms with Crippen molar-refractivity contribution in [2.45, 2.75) is 19.1 Å². The van der Waals surface area contributed by atoms with Gasteiger partial charge < -0.3 is 15.4 Å². The molecule has 1 saturated heterocycles. The number of likely N-dealkylation sites (N-methyl/N-ethyl adjacent to an activating group) is 1. The monoisotopic (exact) mass is 144 g/mol. The lowest BCUT2D eigenvalue weighted by Gasteiger charge is -2.33. The Kier molecular flexibility index (Phi) is 2.65. The van der Waals surface area contributed by atoms with E-state index in [4.69, 9.17) is 10.5 Å². The number of morpholine rings is 1. The van der Waals surface area contributed by atoms with Gasteiger partial charge in [-0.3, -0.25) is 0 Å². The van der Waals surface area contributed by atoms with Crippen molar-refractivity contribution in [2.24, 2.45) is 5.73 Å². The Balaban J connectivity index is 2.35. The van der Waals surface area contributed by atoms with Crippen molar-refractivity contribution >= 4 is 0 Å². The Morgan fingerprint density at radius 2 is 2.30 bits per heavy atom. The molecule has 60 valence electrons. The molecule has 1 aliphatic heterocycles. The fourth-order valence-corrected chi connectivity index (χ4v) is 1.41. The lowest BCUT2D eigenvalue weighted by Crippen LogP contribution is -2.47. The molecule has 1 heterocycles. The van der Waals surface area contributed by atoms with Crippen molar-refractivity contribution in [1.82, 2.24) is 4.90 Å². The third-order valence-electron chi connectivity index (χ3n) is 1.77. The topological polar surface area (TPSA) is 38.5 Å². The quantitative estimate of drug-likeness (QED) is 0.547. The summed E-state index contributed by atoms with van der Waals surface area (Å²) in [6.45, 7) is 4.71. The Morgan fingerprint density at radius 1 is 1.60 bits per heavy atom. The van der Waals surface area contributed by atoms with Gasteiger partial charge in [-0.15, -0.1) is 0 Å². The summed E-state index contributed by atoms with van der Waals surface area (Å²) in [7, 11) is 2.10. The van der Waals surface area contributed by atoms with E-state index in [0.717, 1.165) is 13.1 Å². The van der Waals surface area contributed by atoms with E-state index in [1.807, 2.05) is 0 Å². The summed E-state index contributed by atoms with van der Waals surface area (Å²) < 4.78 is 5.54. The van der Waals surface area contributed by atoms with Crippen LogP contribution in [0.1, 0.15) is 6.92 Å². The van der Waals surface area contributed by atoms with Crippen LogP contribution in [-0.2, 0) is 4.74 Å². The predicted molar refractivity (Wildman–Crippen MR) is 40.9 cm³/mol. The Morgan fingerprint density at radius 3 is 2.80 bits per heavy atom. The molecule has 0 radical (unpaired) electrons. The minimum atomic E-state index is 0.244. The highest BCUT2D eigenvalue weighted by atomic mass is 16.5. The van der Waals surface area contributed by atoms with Gasteiger partial charge in [-0.1, -0.05) is 0 Å². The molecular formula is C7H16N2O. The third kappa shape index (κ3) is 1.94. The number of hydrogen-bond donors (Lipinski definition) is 1. The largest absolute Gasteiger partial charge is 0.371 e. The first-order valence-corrected chi connectivity index (χ1v) is 3.76. The molecule has 1 fully saturated rings. The molecule has 1 rings (SSSR count). The van der Waals surface area contributed by atoms with Crippen LogP contribution in [0, 0.1) is 0 Å². The number of nitrogens with two attached hydrogens (primary N) is 1. The van der Waals surface area contributed by atoms with E-state index < -0.39 is 0 Å². The van der Waals surface area contributed by atoms with E-state index in [1.54, 1.807) is 0 Å². The van der Waals surface area contributed by atoms with Crippen LogP contribution in [-0.4, -0.2) is 43.8 Å². The van der Waals surface area contributed by atoms with Gasteiger partial charge in [-0.2, -0.15) is 0 Å². The second-order valence-corrected chi connectivity index (χ2v) is 3.03. The highest BCUT2D eigenvalue weighted by molar-refractivity contribution is 4.73. The maximum Gasteiger partial charge on any atom is 0.0828 e. The highest BCUT2D eigenvalue weighted by Gasteiger charge is 2.20. The third-order valence-corrected chi connectivity index (χ3v) is 1.77. The van der Waals surface area contributed by atoms with E-state index in [-0.39, 0.29) is 6.10 Å². The van der Waals surface area contributed by atoms with E-state index in [1.165, 1.54) is 0 Å². The molecule has 3 nitrogen and oxygen atoms in total. The molecule has 0 bridgehead atoms. The van der Waals surface area contributed by atoms with Gasteiger partial charge >= 0.3 is 0 Å². The van der Waals surface area contributed by atoms with Crippen LogP contribution >= 0.6 is 0 Å². The first-order chi connectivity index (χ1) is 4.72. The fourth-order valence-electron chi connectivity index (χ4n) is 1.41. The number of nitrogens with zero attached hydrogens (tertiary/aromatic N) is 1. The van der Waals surface area contributed by atoms with Crippen LogP contribution < -0.4 is 5.73 Å². The zero-order valence-corrected chi connectivity index (χ0v) is 6.71. The summed E-state index contributed by atoms with van der Waals surface area (Å²) in [6, 6.07) is 0. The maximum absolute atomic E-state index is 5.54. The van der Waals surface area contributed by atoms with E-state index in [9.17, 15) is 0 Å². The van der Waals surface area contributed by atoms with Crippen molar-refractivity contribution in [3.8, 4) is 0 Å². The summed E-state index contributed by atoms with van der Waals surface area (Å²) in [4.78, 5) is 2.26. The first-order valence-electron chi connectivity index (χ1n) is 3.76. The average Bonchev–Trinajstić information content (AvgIpc) is 1.85. The lowest BCUT2D eigenvalue weighted by atomic mass is 10.2. The molecule has 1 aliphatic rings.